The van der Waals surface area contributed by atoms with Crippen molar-refractivity contribution in [3.8, 4) is 22.3 Å². The molecule has 0 aliphatic carbocycles. The maximum Gasteiger partial charge on any atom is 0.0540 e. The van der Waals surface area contributed by atoms with E-state index >= 15 is 0 Å². The number of benzene rings is 8. The topological polar surface area (TPSA) is 3.24 Å². The van der Waals surface area contributed by atoms with E-state index in [1.807, 2.05) is 11.3 Å². The number of fused-ring (bicyclic) bond motifs is 5. The van der Waals surface area contributed by atoms with E-state index in [0.717, 1.165) is 17.1 Å². The summed E-state index contributed by atoms with van der Waals surface area (Å²) in [7, 11) is 0. The Morgan fingerprint density at radius 3 is 1.78 bits per heavy atom. The van der Waals surface area contributed by atoms with E-state index < -0.39 is 0 Å². The first-order valence-electron chi connectivity index (χ1n) is 15.7. The molecule has 0 fully saturated rings. The second-order valence-electron chi connectivity index (χ2n) is 11.7. The fourth-order valence-corrected chi connectivity index (χ4v) is 7.99. The Morgan fingerprint density at radius 1 is 0.348 bits per heavy atom. The minimum atomic E-state index is 1.14. The molecule has 0 atom stereocenters. The number of hydrogen-bond acceptors (Lipinski definition) is 2. The molecule has 0 spiro atoms. The van der Waals surface area contributed by atoms with Gasteiger partial charge in [-0.1, -0.05) is 133 Å². The summed E-state index contributed by atoms with van der Waals surface area (Å²) in [5, 5.41) is 7.56. The average molecular weight is 604 g/mol. The number of hydrogen-bond donors (Lipinski definition) is 0. The van der Waals surface area contributed by atoms with Crippen molar-refractivity contribution in [2.24, 2.45) is 0 Å². The molecule has 2 heteroatoms. The van der Waals surface area contributed by atoms with Gasteiger partial charge in [-0.25, -0.2) is 0 Å². The van der Waals surface area contributed by atoms with E-state index in [-0.39, 0.29) is 0 Å². The molecule has 1 nitrogen and oxygen atoms in total. The molecule has 0 unspecified atom stereocenters. The second kappa shape index (κ2) is 11.0. The predicted octanol–water partition coefficient (Wildman–Crippen LogP) is 13.2. The van der Waals surface area contributed by atoms with Crippen LogP contribution >= 0.6 is 11.3 Å². The lowest BCUT2D eigenvalue weighted by atomic mass is 9.94. The van der Waals surface area contributed by atoms with Crippen LogP contribution < -0.4 is 4.90 Å². The van der Waals surface area contributed by atoms with Crippen LogP contribution in [0.3, 0.4) is 0 Å². The normalized spacial score (nSPS) is 11.5. The number of thiophene rings is 1. The van der Waals surface area contributed by atoms with Gasteiger partial charge in [0.25, 0.3) is 0 Å². The van der Waals surface area contributed by atoms with Crippen LogP contribution in [0.1, 0.15) is 0 Å². The SMILES string of the molecule is c1cc(-c2ccccc2N(c2ccc3sc4ccccc4c3c2)c2cccc3ccccc23)cc(-c2cccc3ccccc23)c1. The Balaban J connectivity index is 1.28. The Hall–Kier alpha value is -5.70. The highest BCUT2D eigenvalue weighted by Crippen LogP contribution is 2.46. The van der Waals surface area contributed by atoms with Crippen LogP contribution in [0.25, 0.3) is 64.0 Å². The van der Waals surface area contributed by atoms with Gasteiger partial charge in [0.1, 0.15) is 0 Å². The molecule has 9 aromatic rings. The lowest BCUT2D eigenvalue weighted by molar-refractivity contribution is 1.30. The highest BCUT2D eigenvalue weighted by atomic mass is 32.1. The van der Waals surface area contributed by atoms with Crippen LogP contribution in [0.4, 0.5) is 17.1 Å². The predicted molar refractivity (Wildman–Crippen MR) is 200 cm³/mol. The standard InChI is InChI=1S/C44H29NS/c1-3-18-35-30(12-1)14-10-22-36(35)32-16-9-17-33(28-32)38-20-5-7-23-41(38)45(42-24-11-15-31-13-2-4-19-37(31)42)34-26-27-44-40(29-34)39-21-6-8-25-43(39)46-44/h1-29H. The second-order valence-corrected chi connectivity index (χ2v) is 12.8. The van der Waals surface area contributed by atoms with Gasteiger partial charge in [-0.2, -0.15) is 0 Å². The zero-order chi connectivity index (χ0) is 30.5. The van der Waals surface area contributed by atoms with E-state index in [1.54, 1.807) is 0 Å². The maximum absolute atomic E-state index is 2.45. The summed E-state index contributed by atoms with van der Waals surface area (Å²) in [6, 6.07) is 64.0. The van der Waals surface area contributed by atoms with Gasteiger partial charge in [-0.3, -0.25) is 0 Å². The largest absolute Gasteiger partial charge is 0.309 e. The quantitative estimate of drug-likeness (QED) is 0.189. The molecular weight excluding hydrogens is 575 g/mol. The molecule has 0 saturated carbocycles. The summed E-state index contributed by atoms with van der Waals surface area (Å²) in [4.78, 5) is 2.45. The molecule has 1 heterocycles. The monoisotopic (exact) mass is 603 g/mol. The summed E-state index contributed by atoms with van der Waals surface area (Å²) in [5.74, 6) is 0. The lowest BCUT2D eigenvalue weighted by Gasteiger charge is -2.29. The molecule has 9 rings (SSSR count). The van der Waals surface area contributed by atoms with Gasteiger partial charge in [0.15, 0.2) is 0 Å². The van der Waals surface area contributed by atoms with Crippen molar-refractivity contribution >= 4 is 70.1 Å². The Labute approximate surface area is 272 Å². The highest BCUT2D eigenvalue weighted by Gasteiger charge is 2.20. The molecular formula is C44H29NS. The first-order valence-corrected chi connectivity index (χ1v) is 16.5. The van der Waals surface area contributed by atoms with Crippen molar-refractivity contribution in [2.45, 2.75) is 0 Å². The zero-order valence-corrected chi connectivity index (χ0v) is 25.9. The third-order valence-electron chi connectivity index (χ3n) is 9.05. The summed E-state index contributed by atoms with van der Waals surface area (Å²) in [6.45, 7) is 0. The molecule has 0 radical (unpaired) electrons. The van der Waals surface area contributed by atoms with Crippen LogP contribution in [0.2, 0.25) is 0 Å². The molecule has 8 aromatic carbocycles. The van der Waals surface area contributed by atoms with E-state index in [0.29, 0.717) is 0 Å². The Morgan fingerprint density at radius 2 is 0.913 bits per heavy atom. The molecule has 0 amide bonds. The van der Waals surface area contributed by atoms with E-state index in [4.69, 9.17) is 0 Å². The van der Waals surface area contributed by atoms with Gasteiger partial charge in [0.2, 0.25) is 0 Å². The van der Waals surface area contributed by atoms with Crippen molar-refractivity contribution < 1.29 is 0 Å². The van der Waals surface area contributed by atoms with Crippen molar-refractivity contribution in [2.75, 3.05) is 4.90 Å². The first-order chi connectivity index (χ1) is 22.8. The molecule has 0 aliphatic heterocycles. The van der Waals surface area contributed by atoms with E-state index in [2.05, 4.69) is 181 Å². The number of anilines is 3. The fourth-order valence-electron chi connectivity index (χ4n) is 6.91. The molecule has 0 N–H and O–H groups in total. The van der Waals surface area contributed by atoms with Gasteiger partial charge >= 0.3 is 0 Å². The molecule has 0 saturated heterocycles. The summed E-state index contributed by atoms with van der Waals surface area (Å²) in [6.07, 6.45) is 0. The van der Waals surface area contributed by atoms with Gasteiger partial charge in [0, 0.05) is 36.8 Å². The average Bonchev–Trinajstić information content (AvgIpc) is 3.50. The van der Waals surface area contributed by atoms with Crippen LogP contribution in [0.5, 0.6) is 0 Å². The maximum atomic E-state index is 2.45. The Kier molecular flexibility index (Phi) is 6.40. The highest BCUT2D eigenvalue weighted by molar-refractivity contribution is 7.25. The van der Waals surface area contributed by atoms with Crippen molar-refractivity contribution in [1.29, 1.82) is 0 Å². The third-order valence-corrected chi connectivity index (χ3v) is 10.2. The lowest BCUT2D eigenvalue weighted by Crippen LogP contribution is -2.11. The van der Waals surface area contributed by atoms with Crippen molar-refractivity contribution in [3.05, 3.63) is 176 Å². The van der Waals surface area contributed by atoms with Crippen LogP contribution in [0, 0.1) is 0 Å². The zero-order valence-electron chi connectivity index (χ0n) is 25.1. The minimum Gasteiger partial charge on any atom is -0.309 e. The van der Waals surface area contributed by atoms with Gasteiger partial charge < -0.3 is 4.90 Å². The smallest absolute Gasteiger partial charge is 0.0540 e. The van der Waals surface area contributed by atoms with Crippen LogP contribution in [-0.2, 0) is 0 Å². The number of rotatable bonds is 5. The van der Waals surface area contributed by atoms with Crippen molar-refractivity contribution in [3.63, 3.8) is 0 Å². The molecule has 46 heavy (non-hydrogen) atoms. The minimum absolute atomic E-state index is 1.14. The van der Waals surface area contributed by atoms with Crippen LogP contribution in [-0.4, -0.2) is 0 Å². The first kappa shape index (κ1) is 26.7. The Bertz CT molecular complexity index is 2550. The summed E-state index contributed by atoms with van der Waals surface area (Å²) >= 11 is 1.86. The van der Waals surface area contributed by atoms with Gasteiger partial charge in [-0.15, -0.1) is 11.3 Å². The van der Waals surface area contributed by atoms with E-state index in [9.17, 15) is 0 Å². The van der Waals surface area contributed by atoms with Gasteiger partial charge in [-0.05, 0) is 75.3 Å². The molecule has 1 aromatic heterocycles. The molecule has 0 aliphatic rings. The summed E-state index contributed by atoms with van der Waals surface area (Å²) < 4.78 is 2.62. The van der Waals surface area contributed by atoms with E-state index in [1.165, 1.54) is 64.0 Å². The van der Waals surface area contributed by atoms with Gasteiger partial charge in [0.05, 0.1) is 11.4 Å². The number of para-hydroxylation sites is 1. The molecule has 216 valence electrons. The third kappa shape index (κ3) is 4.46. The van der Waals surface area contributed by atoms with Crippen molar-refractivity contribution in [1.82, 2.24) is 0 Å². The van der Waals surface area contributed by atoms with Crippen LogP contribution in [0.15, 0.2) is 176 Å². The fraction of sp³-hybridized carbons (Fsp3) is 0. The number of nitrogens with zero attached hydrogens (tertiary/aromatic N) is 1. The molecule has 0 bridgehead atoms. The summed E-state index contributed by atoms with van der Waals surface area (Å²) in [5.41, 5.74) is 8.29.